The zero-order valence-electron chi connectivity index (χ0n) is 12.8. The van der Waals surface area contributed by atoms with Crippen LogP contribution >= 0.6 is 11.8 Å². The summed E-state index contributed by atoms with van der Waals surface area (Å²) < 4.78 is 8.28. The van der Waals surface area contributed by atoms with Gasteiger partial charge in [0.2, 0.25) is 0 Å². The van der Waals surface area contributed by atoms with Gasteiger partial charge in [-0.3, -0.25) is 4.68 Å². The monoisotopic (exact) mass is 298 g/mol. The second kappa shape index (κ2) is 5.62. The van der Waals surface area contributed by atoms with Gasteiger partial charge in [0.15, 0.2) is 8.32 Å². The van der Waals surface area contributed by atoms with Crippen LogP contribution in [0.15, 0.2) is 6.20 Å². The Bertz CT molecular complexity index is 416. The standard InChI is InChI=1S/C14H26N2OSSi/c1-14(2,3)19(4,5)17-8-6-7-16-9-12-10-18-11-13(12)15-16/h9H,6-8,10-11H2,1-5H3. The molecule has 19 heavy (non-hydrogen) atoms. The molecule has 1 aliphatic rings. The van der Waals surface area contributed by atoms with Crippen molar-refractivity contribution < 1.29 is 4.43 Å². The summed E-state index contributed by atoms with van der Waals surface area (Å²) in [5.41, 5.74) is 2.71. The summed E-state index contributed by atoms with van der Waals surface area (Å²) in [7, 11) is -1.58. The SMILES string of the molecule is CC(C)(C)[Si](C)(C)OCCCn1cc2c(n1)CSC2. The highest BCUT2D eigenvalue weighted by molar-refractivity contribution is 7.98. The van der Waals surface area contributed by atoms with Gasteiger partial charge in [0.25, 0.3) is 0 Å². The second-order valence-electron chi connectivity index (χ2n) is 6.82. The fourth-order valence-electron chi connectivity index (χ4n) is 1.89. The minimum atomic E-state index is -1.58. The number of thioether (sulfide) groups is 1. The van der Waals surface area contributed by atoms with Crippen LogP contribution in [-0.2, 0) is 22.5 Å². The third-order valence-corrected chi connectivity index (χ3v) is 9.75. The third kappa shape index (κ3) is 3.64. The first-order valence-corrected chi connectivity index (χ1v) is 11.1. The first-order chi connectivity index (χ1) is 8.79. The Morgan fingerprint density at radius 2 is 2.11 bits per heavy atom. The maximum atomic E-state index is 6.19. The molecule has 0 unspecified atom stereocenters. The van der Waals surface area contributed by atoms with Gasteiger partial charge >= 0.3 is 0 Å². The Kier molecular flexibility index (Phi) is 4.47. The molecule has 5 heteroatoms. The van der Waals surface area contributed by atoms with Crippen LogP contribution in [-0.4, -0.2) is 24.7 Å². The molecule has 0 bridgehead atoms. The van der Waals surface area contributed by atoms with Gasteiger partial charge in [0, 0.05) is 36.4 Å². The summed E-state index contributed by atoms with van der Waals surface area (Å²) in [5, 5.41) is 4.93. The van der Waals surface area contributed by atoms with E-state index in [9.17, 15) is 0 Å². The van der Waals surface area contributed by atoms with E-state index in [4.69, 9.17) is 4.43 Å². The molecule has 2 heterocycles. The molecule has 0 radical (unpaired) electrons. The Labute approximate surface area is 122 Å². The first kappa shape index (κ1) is 15.1. The van der Waals surface area contributed by atoms with Gasteiger partial charge in [-0.1, -0.05) is 20.8 Å². The minimum absolute atomic E-state index is 0.303. The van der Waals surface area contributed by atoms with Crippen LogP contribution in [0.4, 0.5) is 0 Å². The molecule has 0 aromatic carbocycles. The van der Waals surface area contributed by atoms with Gasteiger partial charge in [0.1, 0.15) is 0 Å². The summed E-state index contributed by atoms with van der Waals surface area (Å²) >= 11 is 1.96. The summed E-state index contributed by atoms with van der Waals surface area (Å²) in [5.74, 6) is 2.22. The van der Waals surface area contributed by atoms with Gasteiger partial charge in [-0.15, -0.1) is 0 Å². The van der Waals surface area contributed by atoms with Crippen molar-refractivity contribution in [2.75, 3.05) is 6.61 Å². The third-order valence-electron chi connectivity index (χ3n) is 4.22. The van der Waals surface area contributed by atoms with E-state index < -0.39 is 8.32 Å². The minimum Gasteiger partial charge on any atom is -0.417 e. The zero-order chi connectivity index (χ0) is 14.1. The molecule has 0 saturated carbocycles. The van der Waals surface area contributed by atoms with Gasteiger partial charge in [-0.25, -0.2) is 0 Å². The predicted octanol–water partition coefficient (Wildman–Crippen LogP) is 4.04. The molecule has 0 amide bonds. The molecular weight excluding hydrogens is 272 g/mol. The van der Waals surface area contributed by atoms with E-state index in [-0.39, 0.29) is 0 Å². The Morgan fingerprint density at radius 1 is 1.37 bits per heavy atom. The smallest absolute Gasteiger partial charge is 0.191 e. The molecule has 0 saturated heterocycles. The van der Waals surface area contributed by atoms with E-state index in [0.717, 1.165) is 31.1 Å². The molecule has 0 N–H and O–H groups in total. The molecule has 2 rings (SSSR count). The molecule has 1 aliphatic heterocycles. The van der Waals surface area contributed by atoms with Crippen molar-refractivity contribution >= 4 is 20.1 Å². The number of hydrogen-bond acceptors (Lipinski definition) is 3. The van der Waals surface area contributed by atoms with Crippen LogP contribution < -0.4 is 0 Å². The summed E-state index contributed by atoms with van der Waals surface area (Å²) in [4.78, 5) is 0. The molecule has 1 aromatic rings. The summed E-state index contributed by atoms with van der Waals surface area (Å²) in [6.45, 7) is 13.3. The highest BCUT2D eigenvalue weighted by Crippen LogP contribution is 2.36. The highest BCUT2D eigenvalue weighted by atomic mass is 32.2. The van der Waals surface area contributed by atoms with E-state index in [0.29, 0.717) is 5.04 Å². The molecule has 0 aliphatic carbocycles. The van der Waals surface area contributed by atoms with Crippen LogP contribution in [0, 0.1) is 0 Å². The maximum absolute atomic E-state index is 6.19. The number of hydrogen-bond donors (Lipinski definition) is 0. The average Bonchev–Trinajstić information content (AvgIpc) is 2.82. The van der Waals surface area contributed by atoms with Crippen LogP contribution in [0.2, 0.25) is 18.1 Å². The number of rotatable bonds is 5. The topological polar surface area (TPSA) is 27.1 Å². The molecule has 0 spiro atoms. The predicted molar refractivity (Wildman–Crippen MR) is 85.0 cm³/mol. The number of fused-ring (bicyclic) bond motifs is 1. The van der Waals surface area contributed by atoms with Crippen molar-refractivity contribution in [3.8, 4) is 0 Å². The lowest BCUT2D eigenvalue weighted by Crippen LogP contribution is -2.41. The van der Waals surface area contributed by atoms with Gasteiger partial charge in [0.05, 0.1) is 5.69 Å². The van der Waals surface area contributed by atoms with Crippen molar-refractivity contribution in [3.05, 3.63) is 17.5 Å². The van der Waals surface area contributed by atoms with E-state index >= 15 is 0 Å². The molecule has 108 valence electrons. The second-order valence-corrected chi connectivity index (χ2v) is 12.6. The van der Waals surface area contributed by atoms with Gasteiger partial charge in [-0.05, 0) is 24.6 Å². The fraction of sp³-hybridized carbons (Fsp3) is 0.786. The van der Waals surface area contributed by atoms with Crippen LogP contribution in [0.1, 0.15) is 38.4 Å². The van der Waals surface area contributed by atoms with Crippen LogP contribution in [0.5, 0.6) is 0 Å². The lowest BCUT2D eigenvalue weighted by molar-refractivity contribution is 0.272. The van der Waals surface area contributed by atoms with Crippen LogP contribution in [0.25, 0.3) is 0 Å². The zero-order valence-corrected chi connectivity index (χ0v) is 14.6. The van der Waals surface area contributed by atoms with E-state index in [1.54, 1.807) is 0 Å². The number of nitrogens with zero attached hydrogens (tertiary/aromatic N) is 2. The molecule has 1 aromatic heterocycles. The van der Waals surface area contributed by atoms with E-state index in [1.807, 2.05) is 11.8 Å². The number of aromatic nitrogens is 2. The summed E-state index contributed by atoms with van der Waals surface area (Å²) in [6.07, 6.45) is 3.27. The largest absolute Gasteiger partial charge is 0.417 e. The molecule has 0 fully saturated rings. The first-order valence-electron chi connectivity index (χ1n) is 7.06. The Hall–Kier alpha value is -0.263. The quantitative estimate of drug-likeness (QED) is 0.606. The van der Waals surface area contributed by atoms with Crippen LogP contribution in [0.3, 0.4) is 0 Å². The summed E-state index contributed by atoms with van der Waals surface area (Å²) in [6, 6.07) is 0. The van der Waals surface area contributed by atoms with E-state index in [1.165, 1.54) is 11.3 Å². The average molecular weight is 299 g/mol. The normalized spacial score (nSPS) is 15.8. The van der Waals surface area contributed by atoms with Gasteiger partial charge < -0.3 is 4.43 Å². The number of aryl methyl sites for hydroxylation is 1. The lowest BCUT2D eigenvalue weighted by atomic mass is 10.2. The molecular formula is C14H26N2OSSi. The van der Waals surface area contributed by atoms with Crippen molar-refractivity contribution in [3.63, 3.8) is 0 Å². The van der Waals surface area contributed by atoms with Crippen molar-refractivity contribution in [2.24, 2.45) is 0 Å². The van der Waals surface area contributed by atoms with E-state index in [2.05, 4.69) is 49.8 Å². The Balaban J connectivity index is 1.75. The van der Waals surface area contributed by atoms with Crippen molar-refractivity contribution in [1.82, 2.24) is 9.78 Å². The maximum Gasteiger partial charge on any atom is 0.191 e. The highest BCUT2D eigenvalue weighted by Gasteiger charge is 2.36. The van der Waals surface area contributed by atoms with Gasteiger partial charge in [-0.2, -0.15) is 16.9 Å². The molecule has 0 atom stereocenters. The lowest BCUT2D eigenvalue weighted by Gasteiger charge is -2.36. The van der Waals surface area contributed by atoms with Crippen molar-refractivity contribution in [2.45, 2.75) is 63.4 Å². The van der Waals surface area contributed by atoms with Crippen molar-refractivity contribution in [1.29, 1.82) is 0 Å². The Morgan fingerprint density at radius 3 is 2.74 bits per heavy atom. The fourth-order valence-corrected chi connectivity index (χ4v) is 3.97. The molecule has 3 nitrogen and oxygen atoms in total.